The molecule has 5 nitrogen and oxygen atoms in total. The van der Waals surface area contributed by atoms with Crippen molar-refractivity contribution in [1.29, 1.82) is 0 Å². The van der Waals surface area contributed by atoms with Crippen LogP contribution in [0.2, 0.25) is 0 Å². The summed E-state index contributed by atoms with van der Waals surface area (Å²) in [6.07, 6.45) is 2.03. The van der Waals surface area contributed by atoms with Crippen LogP contribution in [0.5, 0.6) is 0 Å². The molecule has 0 fully saturated rings. The van der Waals surface area contributed by atoms with Gasteiger partial charge in [0.1, 0.15) is 10.9 Å². The molecule has 0 aliphatic carbocycles. The van der Waals surface area contributed by atoms with Crippen LogP contribution in [0.4, 0.5) is 0 Å². The van der Waals surface area contributed by atoms with Crippen molar-refractivity contribution < 1.29 is 9.90 Å². The minimum Gasteiger partial charge on any atom is -0.480 e. The molecule has 18 heavy (non-hydrogen) atoms. The van der Waals surface area contributed by atoms with Gasteiger partial charge in [-0.25, -0.2) is 13.7 Å². The lowest BCUT2D eigenvalue weighted by Crippen LogP contribution is -2.26. The predicted octanol–water partition coefficient (Wildman–Crippen LogP) is 2.13. The Morgan fingerprint density at radius 3 is 2.83 bits per heavy atom. The number of carboxylic acid groups (broad SMARTS) is 1. The van der Waals surface area contributed by atoms with Crippen molar-refractivity contribution >= 4 is 27.7 Å². The molecule has 0 saturated heterocycles. The van der Waals surface area contributed by atoms with Gasteiger partial charge in [-0.15, -0.1) is 0 Å². The van der Waals surface area contributed by atoms with Crippen LogP contribution in [0, 0.1) is 5.92 Å². The molecule has 2 heterocycles. The molecule has 2 rings (SSSR count). The van der Waals surface area contributed by atoms with E-state index in [-0.39, 0.29) is 11.5 Å². The number of carboxylic acids is 1. The fraction of sp³-hybridized carbons (Fsp3) is 0.417. The number of carbonyl (C=O) groups is 1. The summed E-state index contributed by atoms with van der Waals surface area (Å²) in [5, 5.41) is 9.74. The largest absolute Gasteiger partial charge is 0.480 e. The van der Waals surface area contributed by atoms with Crippen LogP contribution >= 0.6 is 11.5 Å². The van der Waals surface area contributed by atoms with Crippen molar-refractivity contribution in [2.75, 3.05) is 0 Å². The van der Waals surface area contributed by atoms with E-state index in [2.05, 4.69) is 4.98 Å². The standard InChI is InChI=1S/C12H14N2O3S/c1-7(2)6-9(12(16)17)14-11(15)8-4-3-5-13-10(8)18-14/h3-5,7,9H,6H2,1-2H3,(H,16,17)/t9-/m0/s1. The Hall–Kier alpha value is -1.69. The normalized spacial score (nSPS) is 13.1. The average molecular weight is 266 g/mol. The fourth-order valence-corrected chi connectivity index (χ4v) is 2.86. The van der Waals surface area contributed by atoms with E-state index >= 15 is 0 Å². The molecule has 0 aliphatic rings. The smallest absolute Gasteiger partial charge is 0.327 e. The number of hydrogen-bond acceptors (Lipinski definition) is 4. The Morgan fingerprint density at radius 1 is 1.56 bits per heavy atom. The molecule has 1 atom stereocenters. The Morgan fingerprint density at radius 2 is 2.28 bits per heavy atom. The summed E-state index contributed by atoms with van der Waals surface area (Å²) < 4.78 is 1.32. The van der Waals surface area contributed by atoms with Gasteiger partial charge in [0, 0.05) is 6.20 Å². The molecule has 0 radical (unpaired) electrons. The van der Waals surface area contributed by atoms with Gasteiger partial charge < -0.3 is 5.11 Å². The third-order valence-electron chi connectivity index (χ3n) is 2.65. The van der Waals surface area contributed by atoms with Crippen LogP contribution in [0.25, 0.3) is 10.2 Å². The van der Waals surface area contributed by atoms with Gasteiger partial charge in [-0.05, 0) is 36.0 Å². The van der Waals surface area contributed by atoms with Gasteiger partial charge in [-0.1, -0.05) is 13.8 Å². The molecule has 0 aromatic carbocycles. The van der Waals surface area contributed by atoms with E-state index in [9.17, 15) is 14.7 Å². The van der Waals surface area contributed by atoms with Crippen molar-refractivity contribution in [1.82, 2.24) is 8.94 Å². The summed E-state index contributed by atoms with van der Waals surface area (Å²) in [4.78, 5) is 28.1. The summed E-state index contributed by atoms with van der Waals surface area (Å²) in [5.41, 5.74) is -0.267. The summed E-state index contributed by atoms with van der Waals surface area (Å²) >= 11 is 1.11. The summed E-state index contributed by atoms with van der Waals surface area (Å²) in [7, 11) is 0. The van der Waals surface area contributed by atoms with Gasteiger partial charge in [0.05, 0.1) is 5.39 Å². The van der Waals surface area contributed by atoms with Crippen molar-refractivity contribution in [3.8, 4) is 0 Å². The van der Waals surface area contributed by atoms with Crippen molar-refractivity contribution in [2.24, 2.45) is 5.92 Å². The molecule has 0 aliphatic heterocycles. The molecule has 0 bridgehead atoms. The lowest BCUT2D eigenvalue weighted by atomic mass is 10.0. The minimum absolute atomic E-state index is 0.205. The number of aliphatic carboxylic acids is 1. The lowest BCUT2D eigenvalue weighted by molar-refractivity contribution is -0.141. The molecule has 0 saturated carbocycles. The Bertz CT molecular complexity index is 630. The number of aromatic nitrogens is 2. The van der Waals surface area contributed by atoms with E-state index in [0.717, 1.165) is 11.5 Å². The van der Waals surface area contributed by atoms with Gasteiger partial charge >= 0.3 is 5.97 Å². The highest BCUT2D eigenvalue weighted by atomic mass is 32.1. The molecule has 0 spiro atoms. The van der Waals surface area contributed by atoms with Gasteiger partial charge in [0.2, 0.25) is 0 Å². The second-order valence-corrected chi connectivity index (χ2v) is 5.52. The minimum atomic E-state index is -0.975. The van der Waals surface area contributed by atoms with E-state index < -0.39 is 12.0 Å². The highest BCUT2D eigenvalue weighted by molar-refractivity contribution is 7.13. The first-order valence-corrected chi connectivity index (χ1v) is 6.47. The molecular weight excluding hydrogens is 252 g/mol. The molecule has 96 valence electrons. The quantitative estimate of drug-likeness (QED) is 0.920. The topological polar surface area (TPSA) is 72.2 Å². The molecule has 2 aromatic rings. The number of rotatable bonds is 4. The number of nitrogens with zero attached hydrogens (tertiary/aromatic N) is 2. The molecule has 6 heteroatoms. The van der Waals surface area contributed by atoms with E-state index in [1.54, 1.807) is 18.3 Å². The van der Waals surface area contributed by atoms with Crippen LogP contribution in [0.15, 0.2) is 23.1 Å². The third kappa shape index (κ3) is 2.28. The first kappa shape index (κ1) is 12.8. The second-order valence-electron chi connectivity index (χ2n) is 4.56. The summed E-state index contributed by atoms with van der Waals surface area (Å²) in [6, 6.07) is 2.54. The van der Waals surface area contributed by atoms with E-state index in [1.165, 1.54) is 3.96 Å². The first-order chi connectivity index (χ1) is 8.50. The molecule has 1 N–H and O–H groups in total. The van der Waals surface area contributed by atoms with E-state index in [4.69, 9.17) is 0 Å². The van der Waals surface area contributed by atoms with Crippen molar-refractivity contribution in [3.63, 3.8) is 0 Å². The molecular formula is C12H14N2O3S. The number of pyridine rings is 1. The third-order valence-corrected chi connectivity index (χ3v) is 3.76. The summed E-state index contributed by atoms with van der Waals surface area (Å²) in [6.45, 7) is 3.87. The maximum atomic E-state index is 12.1. The Labute approximate surface area is 108 Å². The summed E-state index contributed by atoms with van der Waals surface area (Å²) in [5.74, 6) is -0.770. The highest BCUT2D eigenvalue weighted by Gasteiger charge is 2.24. The van der Waals surface area contributed by atoms with E-state index in [1.807, 2.05) is 13.8 Å². The lowest BCUT2D eigenvalue weighted by Gasteiger charge is -2.14. The SMILES string of the molecule is CC(C)C[C@@H](C(=O)O)n1sc2ncccc2c1=O. The zero-order valence-electron chi connectivity index (χ0n) is 10.2. The van der Waals surface area contributed by atoms with Gasteiger partial charge in [0.15, 0.2) is 0 Å². The Balaban J connectivity index is 2.54. The average Bonchev–Trinajstić information content (AvgIpc) is 2.64. The van der Waals surface area contributed by atoms with E-state index in [0.29, 0.717) is 16.6 Å². The maximum absolute atomic E-state index is 12.1. The van der Waals surface area contributed by atoms with Crippen molar-refractivity contribution in [2.45, 2.75) is 26.3 Å². The number of hydrogen-bond donors (Lipinski definition) is 1. The van der Waals surface area contributed by atoms with Gasteiger partial charge in [0.25, 0.3) is 5.56 Å². The Kier molecular flexibility index (Phi) is 3.47. The van der Waals surface area contributed by atoms with Gasteiger partial charge in [-0.3, -0.25) is 4.79 Å². The zero-order valence-corrected chi connectivity index (χ0v) is 11.0. The predicted molar refractivity (Wildman–Crippen MR) is 70.0 cm³/mol. The highest BCUT2D eigenvalue weighted by Crippen LogP contribution is 2.22. The maximum Gasteiger partial charge on any atom is 0.327 e. The van der Waals surface area contributed by atoms with Crippen LogP contribution in [0.1, 0.15) is 26.3 Å². The fourth-order valence-electron chi connectivity index (χ4n) is 1.83. The monoisotopic (exact) mass is 266 g/mol. The van der Waals surface area contributed by atoms with Crippen LogP contribution in [-0.4, -0.2) is 20.0 Å². The van der Waals surface area contributed by atoms with Crippen LogP contribution in [-0.2, 0) is 4.79 Å². The molecule has 2 aromatic heterocycles. The zero-order chi connectivity index (χ0) is 13.3. The van der Waals surface area contributed by atoms with Crippen molar-refractivity contribution in [3.05, 3.63) is 28.7 Å². The second kappa shape index (κ2) is 4.89. The number of fused-ring (bicyclic) bond motifs is 1. The molecule has 0 unspecified atom stereocenters. The van der Waals surface area contributed by atoms with Gasteiger partial charge in [-0.2, -0.15) is 0 Å². The van der Waals surface area contributed by atoms with Crippen LogP contribution < -0.4 is 5.56 Å². The first-order valence-electron chi connectivity index (χ1n) is 5.70. The van der Waals surface area contributed by atoms with Crippen LogP contribution in [0.3, 0.4) is 0 Å². The molecule has 0 amide bonds.